The molecule has 0 bridgehead atoms. The molecule has 0 aliphatic carbocycles. The van der Waals surface area contributed by atoms with Crippen molar-refractivity contribution < 1.29 is 0 Å². The summed E-state index contributed by atoms with van der Waals surface area (Å²) in [5.74, 6) is 0. The van der Waals surface area contributed by atoms with Crippen LogP contribution < -0.4 is 0 Å². The highest BCUT2D eigenvalue weighted by molar-refractivity contribution is 6.42. The van der Waals surface area contributed by atoms with E-state index < -0.39 is 0 Å². The predicted molar refractivity (Wildman–Crippen MR) is 71.6 cm³/mol. The third kappa shape index (κ3) is 1.80. The molecule has 0 saturated carbocycles. The summed E-state index contributed by atoms with van der Waals surface area (Å²) < 4.78 is 0. The van der Waals surface area contributed by atoms with Crippen LogP contribution in [0.3, 0.4) is 0 Å². The summed E-state index contributed by atoms with van der Waals surface area (Å²) in [6, 6.07) is 3.51. The number of fused-ring (bicyclic) bond motifs is 1. The van der Waals surface area contributed by atoms with Gasteiger partial charge in [-0.25, -0.2) is 4.98 Å². The largest absolute Gasteiger partial charge is 0.235 e. The van der Waals surface area contributed by atoms with E-state index in [1.807, 2.05) is 6.92 Å². The number of pyridine rings is 1. The molecule has 4 heteroatoms. The minimum atomic E-state index is 0.429. The summed E-state index contributed by atoms with van der Waals surface area (Å²) in [4.78, 5) is 4.26. The third-order valence-electron chi connectivity index (χ3n) is 2.49. The molecule has 1 heterocycles. The van der Waals surface area contributed by atoms with Crippen LogP contribution in [0.5, 0.6) is 0 Å². The van der Waals surface area contributed by atoms with Gasteiger partial charge in [0.25, 0.3) is 0 Å². The number of halogens is 3. The lowest BCUT2D eigenvalue weighted by Gasteiger charge is -2.08. The highest BCUT2D eigenvalue weighted by Gasteiger charge is 2.10. The molecular weight excluding hydrogens is 264 g/mol. The quantitative estimate of drug-likeness (QED) is 0.655. The van der Waals surface area contributed by atoms with Crippen LogP contribution in [0, 0.1) is 6.92 Å². The molecule has 0 unspecified atom stereocenters. The van der Waals surface area contributed by atoms with E-state index in [-0.39, 0.29) is 0 Å². The van der Waals surface area contributed by atoms with E-state index in [0.717, 1.165) is 22.0 Å². The molecule has 1 aromatic carbocycles. The summed E-state index contributed by atoms with van der Waals surface area (Å²) in [6.45, 7) is 5.67. The number of hydrogen-bond donors (Lipinski definition) is 0. The van der Waals surface area contributed by atoms with Crippen LogP contribution in [0.1, 0.15) is 11.1 Å². The summed E-state index contributed by atoms with van der Waals surface area (Å²) in [6.07, 6.45) is 1.69. The van der Waals surface area contributed by atoms with E-state index in [1.165, 1.54) is 0 Å². The molecule has 0 saturated heterocycles. The minimum Gasteiger partial charge on any atom is -0.235 e. The van der Waals surface area contributed by atoms with Crippen molar-refractivity contribution in [3.05, 3.63) is 45.0 Å². The van der Waals surface area contributed by atoms with Gasteiger partial charge in [0.15, 0.2) is 0 Å². The van der Waals surface area contributed by atoms with Crippen molar-refractivity contribution in [3.8, 4) is 0 Å². The maximum absolute atomic E-state index is 6.04. The molecule has 0 radical (unpaired) electrons. The summed E-state index contributed by atoms with van der Waals surface area (Å²) >= 11 is 17.9. The molecule has 0 aliphatic rings. The number of nitrogens with zero attached hydrogens (tertiary/aromatic N) is 1. The van der Waals surface area contributed by atoms with Crippen LogP contribution in [-0.4, -0.2) is 4.98 Å². The molecule has 0 aliphatic heterocycles. The Kier molecular flexibility index (Phi) is 3.11. The monoisotopic (exact) mass is 271 g/mol. The van der Waals surface area contributed by atoms with Crippen LogP contribution in [-0.2, 0) is 0 Å². The number of hydrogen-bond acceptors (Lipinski definition) is 1. The average Bonchev–Trinajstić information content (AvgIpc) is 2.22. The smallest absolute Gasteiger partial charge is 0.137 e. The van der Waals surface area contributed by atoms with Crippen molar-refractivity contribution in [1.82, 2.24) is 4.98 Å². The summed E-state index contributed by atoms with van der Waals surface area (Å²) in [5, 5.41) is 2.35. The Hall–Kier alpha value is -0.760. The Balaban J connectivity index is 2.93. The Morgan fingerprint density at radius 3 is 2.44 bits per heavy atom. The molecule has 1 aromatic heterocycles. The zero-order valence-corrected chi connectivity index (χ0v) is 10.8. The van der Waals surface area contributed by atoms with Crippen molar-refractivity contribution in [2.45, 2.75) is 6.92 Å². The van der Waals surface area contributed by atoms with Crippen LogP contribution in [0.2, 0.25) is 15.2 Å². The molecule has 0 N–H and O–H groups in total. The van der Waals surface area contributed by atoms with E-state index in [4.69, 9.17) is 34.8 Å². The normalized spacial score (nSPS) is 10.8. The van der Waals surface area contributed by atoms with Gasteiger partial charge >= 0.3 is 0 Å². The van der Waals surface area contributed by atoms with Gasteiger partial charge in [-0.1, -0.05) is 47.5 Å². The Bertz CT molecular complexity index is 591. The van der Waals surface area contributed by atoms with Crippen LogP contribution in [0.25, 0.3) is 17.0 Å². The molecule has 0 atom stereocenters. The number of rotatable bonds is 1. The van der Waals surface area contributed by atoms with Gasteiger partial charge in [-0.2, -0.15) is 0 Å². The van der Waals surface area contributed by atoms with Gasteiger partial charge in [-0.3, -0.25) is 0 Å². The molecule has 2 rings (SSSR count). The Labute approximate surface area is 109 Å². The molecule has 0 amide bonds. The van der Waals surface area contributed by atoms with Crippen molar-refractivity contribution in [2.75, 3.05) is 0 Å². The lowest BCUT2D eigenvalue weighted by Crippen LogP contribution is -1.90. The van der Waals surface area contributed by atoms with E-state index in [9.17, 15) is 0 Å². The average molecular weight is 273 g/mol. The van der Waals surface area contributed by atoms with Gasteiger partial charge in [0.1, 0.15) is 5.15 Å². The predicted octanol–water partition coefficient (Wildman–Crippen LogP) is 5.15. The molecule has 2 aromatic rings. The van der Waals surface area contributed by atoms with E-state index in [1.54, 1.807) is 18.2 Å². The number of aromatic nitrogens is 1. The van der Waals surface area contributed by atoms with Crippen LogP contribution in [0.15, 0.2) is 18.7 Å². The first kappa shape index (κ1) is 11.7. The second kappa shape index (κ2) is 4.25. The molecule has 82 valence electrons. The molecule has 16 heavy (non-hydrogen) atoms. The fourth-order valence-electron chi connectivity index (χ4n) is 1.63. The fourth-order valence-corrected chi connectivity index (χ4v) is 2.26. The second-order valence-electron chi connectivity index (χ2n) is 3.43. The van der Waals surface area contributed by atoms with Crippen molar-refractivity contribution >= 4 is 51.8 Å². The first-order valence-electron chi connectivity index (χ1n) is 4.62. The lowest BCUT2D eigenvalue weighted by atomic mass is 10.1. The van der Waals surface area contributed by atoms with Crippen molar-refractivity contribution in [3.63, 3.8) is 0 Å². The highest BCUT2D eigenvalue weighted by Crippen LogP contribution is 2.32. The van der Waals surface area contributed by atoms with Gasteiger partial charge in [0.05, 0.1) is 15.6 Å². The number of aryl methyl sites for hydroxylation is 1. The van der Waals surface area contributed by atoms with E-state index in [0.29, 0.717) is 15.2 Å². The van der Waals surface area contributed by atoms with E-state index in [2.05, 4.69) is 11.6 Å². The number of benzene rings is 1. The molecule has 1 nitrogen and oxygen atoms in total. The van der Waals surface area contributed by atoms with Gasteiger partial charge in [-0.15, -0.1) is 0 Å². The first-order valence-corrected chi connectivity index (χ1v) is 5.75. The molecular formula is C12H8Cl3N. The maximum atomic E-state index is 6.04. The van der Waals surface area contributed by atoms with Gasteiger partial charge in [0.2, 0.25) is 0 Å². The Morgan fingerprint density at radius 1 is 1.19 bits per heavy atom. The van der Waals surface area contributed by atoms with Gasteiger partial charge < -0.3 is 0 Å². The fraction of sp³-hybridized carbons (Fsp3) is 0.0833. The van der Waals surface area contributed by atoms with Crippen LogP contribution in [0.4, 0.5) is 0 Å². The Morgan fingerprint density at radius 2 is 1.81 bits per heavy atom. The van der Waals surface area contributed by atoms with E-state index >= 15 is 0 Å². The second-order valence-corrected chi connectivity index (χ2v) is 4.60. The summed E-state index contributed by atoms with van der Waals surface area (Å²) in [7, 11) is 0. The van der Waals surface area contributed by atoms with Gasteiger partial charge in [-0.05, 0) is 24.6 Å². The molecule has 0 spiro atoms. The minimum absolute atomic E-state index is 0.429. The highest BCUT2D eigenvalue weighted by atomic mass is 35.5. The zero-order valence-electron chi connectivity index (χ0n) is 8.52. The summed E-state index contributed by atoms with van der Waals surface area (Å²) in [5.41, 5.74) is 2.57. The lowest BCUT2D eigenvalue weighted by molar-refractivity contribution is 1.35. The van der Waals surface area contributed by atoms with Gasteiger partial charge in [0, 0.05) is 10.9 Å². The third-order valence-corrected chi connectivity index (χ3v) is 3.50. The topological polar surface area (TPSA) is 12.9 Å². The van der Waals surface area contributed by atoms with Crippen LogP contribution >= 0.6 is 34.8 Å². The molecule has 0 fully saturated rings. The first-order chi connectivity index (χ1) is 7.54. The SMILES string of the molecule is C=Cc1c(Cl)nc2cc(Cl)c(Cl)cc2c1C. The standard InChI is InChI=1S/C12H8Cl3N/c1-3-7-6(2)8-4-9(13)10(14)5-11(8)16-12(7)15/h3-5H,1H2,2H3. The van der Waals surface area contributed by atoms with Crippen molar-refractivity contribution in [2.24, 2.45) is 0 Å². The van der Waals surface area contributed by atoms with Crippen molar-refractivity contribution in [1.29, 1.82) is 0 Å². The maximum Gasteiger partial charge on any atom is 0.137 e. The zero-order chi connectivity index (χ0) is 11.9.